The summed E-state index contributed by atoms with van der Waals surface area (Å²) in [6.45, 7) is 14.7. The number of anilines is 1. The zero-order valence-electron chi connectivity index (χ0n) is 32.1. The molecule has 2 heterocycles. The van der Waals surface area contributed by atoms with E-state index in [0.717, 1.165) is 58.1 Å². The molecule has 4 aromatic carbocycles. The van der Waals surface area contributed by atoms with E-state index in [1.807, 2.05) is 42.5 Å². The number of carboxylic acid groups (broad SMARTS) is 1. The first-order valence-corrected chi connectivity index (χ1v) is 21.4. The Kier molecular flexibility index (Phi) is 10.3. The summed E-state index contributed by atoms with van der Waals surface area (Å²) >= 11 is 7.80. The van der Waals surface area contributed by atoms with Crippen LogP contribution in [0, 0.1) is 5.82 Å². The van der Waals surface area contributed by atoms with Crippen LogP contribution in [0.5, 0.6) is 5.75 Å². The van der Waals surface area contributed by atoms with Crippen molar-refractivity contribution in [2.45, 2.75) is 83.6 Å². The number of rotatable bonds is 7. The number of hydrogen-bond donors (Lipinski definition) is 1. The van der Waals surface area contributed by atoms with Gasteiger partial charge in [0.15, 0.2) is 5.82 Å². The van der Waals surface area contributed by atoms with E-state index in [1.165, 1.54) is 11.0 Å². The first-order chi connectivity index (χ1) is 25.7. The molecule has 282 valence electrons. The van der Waals surface area contributed by atoms with Crippen LogP contribution in [0.4, 0.5) is 15.0 Å². The first-order valence-electron chi connectivity index (χ1n) is 19.1. The average Bonchev–Trinajstić information content (AvgIpc) is 3.69. The molecule has 1 saturated carbocycles. The van der Waals surface area contributed by atoms with Crippen molar-refractivity contribution >= 4 is 53.0 Å². The van der Waals surface area contributed by atoms with Crippen LogP contribution in [0.15, 0.2) is 84.9 Å². The molecular weight excluding hydrogens is 715 g/mol. The van der Waals surface area contributed by atoms with Crippen molar-refractivity contribution in [3.8, 4) is 16.9 Å². The van der Waals surface area contributed by atoms with Gasteiger partial charge in [0.1, 0.15) is 11.6 Å². The molecule has 1 N–H and O–H groups in total. The van der Waals surface area contributed by atoms with Gasteiger partial charge >= 0.3 is 14.4 Å². The van der Waals surface area contributed by atoms with E-state index in [0.29, 0.717) is 53.9 Å². The second-order valence-electron chi connectivity index (χ2n) is 16.8. The summed E-state index contributed by atoms with van der Waals surface area (Å²) in [6.07, 6.45) is 3.23. The lowest BCUT2D eigenvalue weighted by molar-refractivity contribution is 0.142. The van der Waals surface area contributed by atoms with Crippen LogP contribution in [0.25, 0.3) is 21.9 Å². The summed E-state index contributed by atoms with van der Waals surface area (Å²) in [6, 6.07) is 28.0. The summed E-state index contributed by atoms with van der Waals surface area (Å²) in [7, 11) is -3.17. The maximum atomic E-state index is 17.0. The average molecular weight is 765 g/mol. The van der Waals surface area contributed by atoms with E-state index < -0.39 is 25.6 Å². The first kappa shape index (κ1) is 37.8. The fourth-order valence-electron chi connectivity index (χ4n) is 8.59. The van der Waals surface area contributed by atoms with Gasteiger partial charge < -0.3 is 19.3 Å². The van der Waals surface area contributed by atoms with E-state index in [2.05, 4.69) is 76.8 Å². The van der Waals surface area contributed by atoms with Gasteiger partial charge in [-0.1, -0.05) is 133 Å². The molecule has 7 nitrogen and oxygen atoms in total. The number of fused-ring (bicyclic) bond motifs is 1. The molecule has 0 spiro atoms. The molecule has 2 aliphatic rings. The van der Waals surface area contributed by atoms with Gasteiger partial charge in [0, 0.05) is 48.4 Å². The third-order valence-electron chi connectivity index (χ3n) is 11.3. The number of halogens is 2. The standard InChI is InChI=1S/C44H50ClFN4O3Si/c1-43(2,3)33-28-32-36(40(29-16-13-14-17-29)47-48-41(32)49-24-26-50(27-25-49)42(51)52)39(45)37(33)38-34(46)22-15-23-35(38)53-54(44(4,5)6,30-18-9-7-10-19-30)31-20-11-8-12-21-31/h7-12,15,18-23,28-29H,13-14,16-17,24-27H2,1-6H3,(H,51,52). The van der Waals surface area contributed by atoms with Gasteiger partial charge in [-0.15, -0.1) is 5.10 Å². The predicted octanol–water partition coefficient (Wildman–Crippen LogP) is 9.78. The topological polar surface area (TPSA) is 78.8 Å². The van der Waals surface area contributed by atoms with Gasteiger partial charge in [0.05, 0.1) is 16.3 Å². The van der Waals surface area contributed by atoms with E-state index in [-0.39, 0.29) is 11.0 Å². The largest absolute Gasteiger partial charge is 0.533 e. The summed E-state index contributed by atoms with van der Waals surface area (Å²) in [5, 5.41) is 23.3. The number of nitrogens with zero attached hydrogens (tertiary/aromatic N) is 4. The lowest BCUT2D eigenvalue weighted by Crippen LogP contribution is -2.68. The lowest BCUT2D eigenvalue weighted by atomic mass is 9.79. The number of aromatic nitrogens is 2. The van der Waals surface area contributed by atoms with Crippen molar-refractivity contribution < 1.29 is 18.7 Å². The molecule has 5 aromatic rings. The minimum absolute atomic E-state index is 0.178. The molecule has 1 aromatic heterocycles. The minimum Gasteiger partial charge on any atom is -0.533 e. The fourth-order valence-corrected chi connectivity index (χ4v) is 13.4. The van der Waals surface area contributed by atoms with Crippen LogP contribution < -0.4 is 19.7 Å². The van der Waals surface area contributed by atoms with Crippen LogP contribution in [-0.4, -0.2) is 60.8 Å². The molecule has 0 radical (unpaired) electrons. The zero-order chi connectivity index (χ0) is 38.4. The van der Waals surface area contributed by atoms with Crippen LogP contribution in [0.3, 0.4) is 0 Å². The highest BCUT2D eigenvalue weighted by Crippen LogP contribution is 2.51. The zero-order valence-corrected chi connectivity index (χ0v) is 33.9. The van der Waals surface area contributed by atoms with Gasteiger partial charge in [0.2, 0.25) is 0 Å². The molecule has 1 saturated heterocycles. The second-order valence-corrected chi connectivity index (χ2v) is 21.4. The molecule has 1 aliphatic heterocycles. The molecule has 54 heavy (non-hydrogen) atoms. The Morgan fingerprint density at radius 3 is 1.96 bits per heavy atom. The molecule has 0 unspecified atom stereocenters. The van der Waals surface area contributed by atoms with Crippen LogP contribution >= 0.6 is 11.6 Å². The molecule has 7 rings (SSSR count). The van der Waals surface area contributed by atoms with Gasteiger partial charge in [-0.2, -0.15) is 5.10 Å². The summed E-state index contributed by atoms with van der Waals surface area (Å²) in [5.74, 6) is 0.891. The van der Waals surface area contributed by atoms with Crippen molar-refractivity contribution in [1.82, 2.24) is 15.1 Å². The molecule has 10 heteroatoms. The molecule has 1 amide bonds. The molecule has 1 aliphatic carbocycles. The third-order valence-corrected chi connectivity index (χ3v) is 16.6. The number of piperazine rings is 1. The minimum atomic E-state index is -3.17. The Labute approximate surface area is 324 Å². The van der Waals surface area contributed by atoms with Gasteiger partial charge in [-0.05, 0) is 57.4 Å². The quantitative estimate of drug-likeness (QED) is 0.166. The van der Waals surface area contributed by atoms with E-state index >= 15 is 4.39 Å². The smallest absolute Gasteiger partial charge is 0.407 e. The van der Waals surface area contributed by atoms with E-state index in [1.54, 1.807) is 6.07 Å². The Morgan fingerprint density at radius 2 is 1.43 bits per heavy atom. The van der Waals surface area contributed by atoms with Crippen molar-refractivity contribution in [2.24, 2.45) is 0 Å². The Morgan fingerprint density at radius 1 is 0.833 bits per heavy atom. The second kappa shape index (κ2) is 14.6. The molecule has 0 atom stereocenters. The van der Waals surface area contributed by atoms with Crippen molar-refractivity contribution in [1.29, 1.82) is 0 Å². The van der Waals surface area contributed by atoms with Gasteiger partial charge in [-0.3, -0.25) is 0 Å². The Hall–Kier alpha value is -4.47. The van der Waals surface area contributed by atoms with E-state index in [4.69, 9.17) is 26.2 Å². The normalized spacial score (nSPS) is 15.9. The van der Waals surface area contributed by atoms with E-state index in [9.17, 15) is 9.90 Å². The van der Waals surface area contributed by atoms with Gasteiger partial charge in [0.25, 0.3) is 0 Å². The Balaban J connectivity index is 1.51. The highest BCUT2D eigenvalue weighted by Gasteiger charge is 2.52. The molecule has 0 bridgehead atoms. The maximum Gasteiger partial charge on any atom is 0.407 e. The highest BCUT2D eigenvalue weighted by molar-refractivity contribution is 7.00. The third kappa shape index (κ3) is 6.74. The SMILES string of the molecule is CC(C)(C)c1cc2c(N3CCN(C(=O)O)CC3)nnc(C3CCCC3)c2c(Cl)c1-c1c(F)cccc1O[Si](c1ccccc1)(c1ccccc1)C(C)(C)C. The van der Waals surface area contributed by atoms with Crippen LogP contribution in [-0.2, 0) is 5.41 Å². The maximum absolute atomic E-state index is 17.0. The monoisotopic (exact) mass is 764 g/mol. The molecular formula is C44H50ClFN4O3Si. The summed E-state index contributed by atoms with van der Waals surface area (Å²) in [5.41, 5.74) is 2.19. The van der Waals surface area contributed by atoms with Gasteiger partial charge in [-0.25, -0.2) is 9.18 Å². The fraction of sp³-hybridized carbons (Fsp3) is 0.386. The van der Waals surface area contributed by atoms with Crippen molar-refractivity contribution in [3.63, 3.8) is 0 Å². The Bertz CT molecular complexity index is 2120. The predicted molar refractivity (Wildman–Crippen MR) is 220 cm³/mol. The number of hydrogen-bond acceptors (Lipinski definition) is 5. The number of carbonyl (C=O) groups is 1. The summed E-state index contributed by atoms with van der Waals surface area (Å²) in [4.78, 5) is 15.3. The lowest BCUT2D eigenvalue weighted by Gasteiger charge is -2.43. The van der Waals surface area contributed by atoms with Crippen molar-refractivity contribution in [3.05, 3.63) is 107 Å². The molecule has 2 fully saturated rings. The van der Waals surface area contributed by atoms with Crippen molar-refractivity contribution in [2.75, 3.05) is 31.1 Å². The number of benzene rings is 4. The highest BCUT2D eigenvalue weighted by atomic mass is 35.5. The summed E-state index contributed by atoms with van der Waals surface area (Å²) < 4.78 is 24.6. The van der Waals surface area contributed by atoms with Crippen LogP contribution in [0.1, 0.15) is 84.4 Å². The number of amides is 1. The van der Waals surface area contributed by atoms with Crippen LogP contribution in [0.2, 0.25) is 10.1 Å².